The second-order valence-corrected chi connectivity index (χ2v) is 7.15. The summed E-state index contributed by atoms with van der Waals surface area (Å²) >= 11 is 0. The van der Waals surface area contributed by atoms with Crippen LogP contribution in [0.15, 0.2) is 0 Å². The Morgan fingerprint density at radius 2 is 2.09 bits per heavy atom. The first-order valence-electron chi connectivity index (χ1n) is 9.03. The molecular formula is C18H29N3O2. The summed E-state index contributed by atoms with van der Waals surface area (Å²) in [6, 6.07) is 0. The van der Waals surface area contributed by atoms with Gasteiger partial charge in [-0.3, -0.25) is 9.48 Å². The van der Waals surface area contributed by atoms with Gasteiger partial charge in [0.2, 0.25) is 5.91 Å². The monoisotopic (exact) mass is 319 g/mol. The number of piperidine rings is 1. The van der Waals surface area contributed by atoms with E-state index in [2.05, 4.69) is 23.8 Å². The third kappa shape index (κ3) is 2.80. The lowest BCUT2D eigenvalue weighted by Crippen LogP contribution is -2.61. The highest BCUT2D eigenvalue weighted by Gasteiger charge is 2.48. The van der Waals surface area contributed by atoms with Gasteiger partial charge in [-0.2, -0.15) is 5.10 Å². The van der Waals surface area contributed by atoms with Gasteiger partial charge in [0.1, 0.15) is 0 Å². The minimum absolute atomic E-state index is 0.0598. The summed E-state index contributed by atoms with van der Waals surface area (Å²) < 4.78 is 1.93. The molecule has 1 unspecified atom stereocenters. The predicted molar refractivity (Wildman–Crippen MR) is 89.2 cm³/mol. The average molecular weight is 319 g/mol. The van der Waals surface area contributed by atoms with Crippen LogP contribution in [0.4, 0.5) is 0 Å². The van der Waals surface area contributed by atoms with Crippen LogP contribution in [0.2, 0.25) is 0 Å². The molecule has 2 fully saturated rings. The zero-order valence-electron chi connectivity index (χ0n) is 14.6. The van der Waals surface area contributed by atoms with Crippen molar-refractivity contribution in [1.29, 1.82) is 0 Å². The summed E-state index contributed by atoms with van der Waals surface area (Å²) in [4.78, 5) is 15.1. The van der Waals surface area contributed by atoms with E-state index in [4.69, 9.17) is 0 Å². The lowest BCUT2D eigenvalue weighted by atomic mass is 9.69. The first-order chi connectivity index (χ1) is 11.0. The number of hydrogen-bond donors (Lipinski definition) is 1. The highest BCUT2D eigenvalue weighted by atomic mass is 16.3. The standard InChI is InChI=1S/C18H29N3O2/c1-4-15-14(16(5-2)20(3)19-15)11-17(23)21-10-7-13(22)12-18(21)8-6-9-18/h13,22H,4-12H2,1-3H3. The van der Waals surface area contributed by atoms with Crippen LogP contribution in [0.5, 0.6) is 0 Å². The molecule has 1 aromatic rings. The molecule has 1 amide bonds. The van der Waals surface area contributed by atoms with Gasteiger partial charge in [-0.05, 0) is 44.9 Å². The van der Waals surface area contributed by atoms with Gasteiger partial charge in [0, 0.05) is 30.4 Å². The Morgan fingerprint density at radius 1 is 1.35 bits per heavy atom. The largest absolute Gasteiger partial charge is 0.393 e. The molecule has 23 heavy (non-hydrogen) atoms. The van der Waals surface area contributed by atoms with Crippen molar-refractivity contribution in [3.05, 3.63) is 17.0 Å². The van der Waals surface area contributed by atoms with Crippen LogP contribution >= 0.6 is 0 Å². The van der Waals surface area contributed by atoms with E-state index in [0.29, 0.717) is 19.4 Å². The molecule has 1 saturated carbocycles. The maximum Gasteiger partial charge on any atom is 0.227 e. The molecule has 1 atom stereocenters. The van der Waals surface area contributed by atoms with E-state index in [1.807, 2.05) is 11.7 Å². The van der Waals surface area contributed by atoms with Crippen molar-refractivity contribution in [2.24, 2.45) is 7.05 Å². The third-order valence-electron chi connectivity index (χ3n) is 5.82. The first kappa shape index (κ1) is 16.5. The normalized spacial score (nSPS) is 23.1. The molecule has 5 heteroatoms. The average Bonchev–Trinajstić information content (AvgIpc) is 2.80. The fraction of sp³-hybridized carbons (Fsp3) is 0.778. The fourth-order valence-electron chi connectivity index (χ4n) is 4.45. The SMILES string of the molecule is CCc1nn(C)c(CC)c1CC(=O)N1CCC(O)CC12CCC2. The molecule has 0 radical (unpaired) electrons. The van der Waals surface area contributed by atoms with Crippen molar-refractivity contribution in [1.82, 2.24) is 14.7 Å². The molecule has 1 aliphatic carbocycles. The van der Waals surface area contributed by atoms with Gasteiger partial charge < -0.3 is 10.0 Å². The molecule has 1 aliphatic heterocycles. The van der Waals surface area contributed by atoms with Gasteiger partial charge >= 0.3 is 0 Å². The molecule has 3 rings (SSSR count). The Labute approximate surface area is 138 Å². The summed E-state index contributed by atoms with van der Waals surface area (Å²) in [5.74, 6) is 0.217. The number of likely N-dealkylation sites (tertiary alicyclic amines) is 1. The van der Waals surface area contributed by atoms with E-state index in [1.54, 1.807) is 0 Å². The highest BCUT2D eigenvalue weighted by molar-refractivity contribution is 5.80. The number of aromatic nitrogens is 2. The second kappa shape index (κ2) is 6.27. The Hall–Kier alpha value is -1.36. The molecule has 128 valence electrons. The summed E-state index contributed by atoms with van der Waals surface area (Å²) in [6.07, 6.45) is 6.71. The van der Waals surface area contributed by atoms with E-state index < -0.39 is 0 Å². The van der Waals surface area contributed by atoms with Crippen LogP contribution < -0.4 is 0 Å². The Bertz CT molecular complexity index is 589. The minimum Gasteiger partial charge on any atom is -0.393 e. The lowest BCUT2D eigenvalue weighted by Gasteiger charge is -2.54. The summed E-state index contributed by atoms with van der Waals surface area (Å²) in [6.45, 7) is 4.92. The molecular weight excluding hydrogens is 290 g/mol. The predicted octanol–water partition coefficient (Wildman–Crippen LogP) is 1.99. The Kier molecular flexibility index (Phi) is 4.50. The van der Waals surface area contributed by atoms with Gasteiger partial charge in [-0.1, -0.05) is 13.8 Å². The molecule has 0 aromatic carbocycles. The van der Waals surface area contributed by atoms with Gasteiger partial charge in [0.15, 0.2) is 0 Å². The zero-order valence-corrected chi connectivity index (χ0v) is 14.6. The summed E-state index contributed by atoms with van der Waals surface area (Å²) in [5.41, 5.74) is 3.30. The van der Waals surface area contributed by atoms with Crippen molar-refractivity contribution in [3.8, 4) is 0 Å². The van der Waals surface area contributed by atoms with Crippen molar-refractivity contribution in [2.75, 3.05) is 6.54 Å². The minimum atomic E-state index is -0.241. The van der Waals surface area contributed by atoms with Crippen LogP contribution in [0.25, 0.3) is 0 Å². The van der Waals surface area contributed by atoms with Crippen molar-refractivity contribution in [2.45, 2.75) is 76.9 Å². The van der Waals surface area contributed by atoms with Gasteiger partial charge in [-0.25, -0.2) is 0 Å². The fourth-order valence-corrected chi connectivity index (χ4v) is 4.45. The topological polar surface area (TPSA) is 58.4 Å². The molecule has 1 aromatic heterocycles. The number of hydrogen-bond acceptors (Lipinski definition) is 3. The Balaban J connectivity index is 1.82. The third-order valence-corrected chi connectivity index (χ3v) is 5.82. The van der Waals surface area contributed by atoms with Gasteiger partial charge in [-0.15, -0.1) is 0 Å². The van der Waals surface area contributed by atoms with Crippen molar-refractivity contribution >= 4 is 5.91 Å². The van der Waals surface area contributed by atoms with Crippen LogP contribution in [0, 0.1) is 0 Å². The maximum atomic E-state index is 13.0. The van der Waals surface area contributed by atoms with Crippen molar-refractivity contribution in [3.63, 3.8) is 0 Å². The number of aryl methyl sites for hydroxylation is 2. The highest BCUT2D eigenvalue weighted by Crippen LogP contribution is 2.44. The lowest BCUT2D eigenvalue weighted by molar-refractivity contribution is -0.148. The van der Waals surface area contributed by atoms with Gasteiger partial charge in [0.25, 0.3) is 0 Å². The quantitative estimate of drug-likeness (QED) is 0.923. The van der Waals surface area contributed by atoms with Crippen LogP contribution in [0.1, 0.15) is 62.9 Å². The molecule has 1 spiro atoms. The number of aliphatic hydroxyl groups is 1. The number of rotatable bonds is 4. The van der Waals surface area contributed by atoms with E-state index in [-0.39, 0.29) is 17.6 Å². The Morgan fingerprint density at radius 3 is 2.65 bits per heavy atom. The number of amides is 1. The second-order valence-electron chi connectivity index (χ2n) is 7.15. The van der Waals surface area contributed by atoms with Crippen molar-refractivity contribution < 1.29 is 9.90 Å². The first-order valence-corrected chi connectivity index (χ1v) is 9.03. The van der Waals surface area contributed by atoms with E-state index in [1.165, 1.54) is 12.1 Å². The number of carbonyl (C=O) groups is 1. The van der Waals surface area contributed by atoms with E-state index in [0.717, 1.165) is 43.4 Å². The molecule has 5 nitrogen and oxygen atoms in total. The van der Waals surface area contributed by atoms with E-state index >= 15 is 0 Å². The van der Waals surface area contributed by atoms with Crippen LogP contribution in [-0.2, 0) is 31.1 Å². The van der Waals surface area contributed by atoms with E-state index in [9.17, 15) is 9.90 Å². The molecule has 2 aliphatic rings. The number of aliphatic hydroxyl groups excluding tert-OH is 1. The molecule has 1 N–H and O–H groups in total. The van der Waals surface area contributed by atoms with Crippen LogP contribution in [0.3, 0.4) is 0 Å². The number of nitrogens with zero attached hydrogens (tertiary/aromatic N) is 3. The zero-order chi connectivity index (χ0) is 16.6. The molecule has 2 heterocycles. The summed E-state index contributed by atoms with van der Waals surface area (Å²) in [7, 11) is 1.97. The molecule has 0 bridgehead atoms. The van der Waals surface area contributed by atoms with Gasteiger partial charge in [0.05, 0.1) is 18.2 Å². The summed E-state index contributed by atoms with van der Waals surface area (Å²) in [5, 5.41) is 14.6. The smallest absolute Gasteiger partial charge is 0.227 e. The molecule has 1 saturated heterocycles. The number of carbonyl (C=O) groups excluding carboxylic acids is 1. The maximum absolute atomic E-state index is 13.0. The van der Waals surface area contributed by atoms with Crippen LogP contribution in [-0.4, -0.2) is 43.9 Å².